The fourth-order valence-corrected chi connectivity index (χ4v) is 2.59. The van der Waals surface area contributed by atoms with Crippen LogP contribution in [-0.4, -0.2) is 12.1 Å². The monoisotopic (exact) mass is 329 g/mol. The number of hydrogen-bond acceptors (Lipinski definition) is 2. The van der Waals surface area contributed by atoms with Gasteiger partial charge in [-0.25, -0.2) is 4.98 Å². The molecule has 0 saturated carbocycles. The van der Waals surface area contributed by atoms with E-state index in [2.05, 4.69) is 4.98 Å². The molecular weight excluding hydrogens is 317 g/mol. The highest BCUT2D eigenvalue weighted by Crippen LogP contribution is 2.27. The van der Waals surface area contributed by atoms with Gasteiger partial charge in [-0.1, -0.05) is 59.6 Å². The lowest BCUT2D eigenvalue weighted by atomic mass is 10.1. The highest BCUT2D eigenvalue weighted by molar-refractivity contribution is 6.42. The molecule has 3 aromatic rings. The summed E-state index contributed by atoms with van der Waals surface area (Å²) in [5.41, 5.74) is 2.52. The van der Waals surface area contributed by atoms with Crippen molar-refractivity contribution >= 4 is 46.3 Å². The molecule has 0 fully saturated rings. The minimum Gasteiger partial charge on any atom is -0.494 e. The first kappa shape index (κ1) is 14.9. The Bertz CT molecular complexity index is 859. The predicted molar refractivity (Wildman–Crippen MR) is 93.7 cm³/mol. The summed E-state index contributed by atoms with van der Waals surface area (Å²) in [6, 6.07) is 15.4. The molecule has 0 aliphatic carbocycles. The molecule has 0 atom stereocenters. The molecule has 0 unspecified atom stereocenters. The lowest BCUT2D eigenvalue weighted by molar-refractivity contribution is 0.419. The van der Waals surface area contributed by atoms with Crippen LogP contribution in [0.5, 0.6) is 5.75 Å². The van der Waals surface area contributed by atoms with E-state index in [1.165, 1.54) is 0 Å². The molecule has 0 radical (unpaired) electrons. The summed E-state index contributed by atoms with van der Waals surface area (Å²) >= 11 is 12.2. The summed E-state index contributed by atoms with van der Waals surface area (Å²) in [4.78, 5) is 4.63. The van der Waals surface area contributed by atoms with Gasteiger partial charge in [0.25, 0.3) is 0 Å². The smallest absolute Gasteiger partial charge is 0.145 e. The molecule has 1 aromatic heterocycles. The maximum atomic E-state index is 6.18. The second kappa shape index (κ2) is 6.39. The fraction of sp³-hybridized carbons (Fsp3) is 0.0556. The Balaban J connectivity index is 2.00. The van der Waals surface area contributed by atoms with Crippen LogP contribution in [0.25, 0.3) is 23.1 Å². The summed E-state index contributed by atoms with van der Waals surface area (Å²) in [5.74, 6) is 0.758. The molecule has 0 N–H and O–H groups in total. The van der Waals surface area contributed by atoms with Crippen LogP contribution in [0, 0.1) is 0 Å². The van der Waals surface area contributed by atoms with Crippen molar-refractivity contribution in [3.8, 4) is 5.75 Å². The van der Waals surface area contributed by atoms with Gasteiger partial charge in [0.1, 0.15) is 11.3 Å². The van der Waals surface area contributed by atoms with Crippen molar-refractivity contribution < 1.29 is 4.74 Å². The minimum atomic E-state index is 0.539. The zero-order chi connectivity index (χ0) is 15.5. The number of aromatic nitrogens is 1. The highest BCUT2D eigenvalue weighted by Gasteiger charge is 2.04. The van der Waals surface area contributed by atoms with E-state index in [0.717, 1.165) is 27.9 Å². The summed E-state index contributed by atoms with van der Waals surface area (Å²) < 4.78 is 5.35. The Morgan fingerprint density at radius 2 is 1.77 bits per heavy atom. The quantitative estimate of drug-likeness (QED) is 0.613. The van der Waals surface area contributed by atoms with Crippen molar-refractivity contribution in [2.24, 2.45) is 0 Å². The van der Waals surface area contributed by atoms with Gasteiger partial charge in [-0.15, -0.1) is 0 Å². The Morgan fingerprint density at radius 1 is 0.955 bits per heavy atom. The van der Waals surface area contributed by atoms with Crippen LogP contribution in [0.1, 0.15) is 11.3 Å². The van der Waals surface area contributed by atoms with E-state index in [4.69, 9.17) is 27.9 Å². The molecule has 0 saturated heterocycles. The number of nitrogens with zero attached hydrogens (tertiary/aromatic N) is 1. The van der Waals surface area contributed by atoms with Crippen LogP contribution in [0.15, 0.2) is 48.5 Å². The van der Waals surface area contributed by atoms with E-state index < -0.39 is 0 Å². The third-order valence-corrected chi connectivity index (χ3v) is 4.17. The third-order valence-electron chi connectivity index (χ3n) is 3.34. The molecule has 0 bridgehead atoms. The molecular formula is C18H13Cl2NO. The van der Waals surface area contributed by atoms with E-state index >= 15 is 0 Å². The Labute approximate surface area is 139 Å². The topological polar surface area (TPSA) is 22.1 Å². The molecule has 2 nitrogen and oxygen atoms in total. The van der Waals surface area contributed by atoms with Crippen LogP contribution < -0.4 is 4.74 Å². The van der Waals surface area contributed by atoms with Crippen molar-refractivity contribution in [1.29, 1.82) is 0 Å². The van der Waals surface area contributed by atoms with Crippen molar-refractivity contribution in [1.82, 2.24) is 4.98 Å². The van der Waals surface area contributed by atoms with Crippen molar-refractivity contribution in [2.75, 3.05) is 7.11 Å². The first-order valence-electron chi connectivity index (χ1n) is 6.75. The van der Waals surface area contributed by atoms with Crippen molar-refractivity contribution in [3.63, 3.8) is 0 Å². The number of rotatable bonds is 3. The van der Waals surface area contributed by atoms with Crippen LogP contribution in [0.3, 0.4) is 0 Å². The van der Waals surface area contributed by atoms with Gasteiger partial charge >= 0.3 is 0 Å². The zero-order valence-corrected chi connectivity index (χ0v) is 13.4. The Hall–Kier alpha value is -2.03. The Kier molecular flexibility index (Phi) is 4.32. The van der Waals surface area contributed by atoms with Crippen LogP contribution in [-0.2, 0) is 0 Å². The number of pyridine rings is 1. The van der Waals surface area contributed by atoms with Gasteiger partial charge in [0.05, 0.1) is 22.8 Å². The van der Waals surface area contributed by atoms with Gasteiger partial charge in [-0.3, -0.25) is 0 Å². The molecule has 110 valence electrons. The molecule has 2 aromatic carbocycles. The second-order valence-corrected chi connectivity index (χ2v) is 5.53. The lowest BCUT2D eigenvalue weighted by Gasteiger charge is -2.05. The van der Waals surface area contributed by atoms with Gasteiger partial charge < -0.3 is 4.74 Å². The number of halogens is 2. The van der Waals surface area contributed by atoms with E-state index in [1.54, 1.807) is 13.2 Å². The van der Waals surface area contributed by atoms with Crippen LogP contribution >= 0.6 is 23.2 Å². The van der Waals surface area contributed by atoms with Gasteiger partial charge in [-0.2, -0.15) is 0 Å². The molecule has 3 rings (SSSR count). The maximum absolute atomic E-state index is 6.18. The van der Waals surface area contributed by atoms with Crippen LogP contribution in [0.4, 0.5) is 0 Å². The summed E-state index contributed by atoms with van der Waals surface area (Å²) in [6.07, 6.45) is 3.81. The molecule has 0 aliphatic heterocycles. The van der Waals surface area contributed by atoms with E-state index in [1.807, 2.05) is 54.6 Å². The average Bonchev–Trinajstić information content (AvgIpc) is 2.55. The fourth-order valence-electron chi connectivity index (χ4n) is 2.22. The summed E-state index contributed by atoms with van der Waals surface area (Å²) in [5, 5.41) is 2.12. The third kappa shape index (κ3) is 2.94. The van der Waals surface area contributed by atoms with Gasteiger partial charge in [-0.05, 0) is 29.8 Å². The van der Waals surface area contributed by atoms with Gasteiger partial charge in [0, 0.05) is 5.39 Å². The Morgan fingerprint density at radius 3 is 2.59 bits per heavy atom. The van der Waals surface area contributed by atoms with E-state index in [9.17, 15) is 0 Å². The largest absolute Gasteiger partial charge is 0.494 e. The molecule has 0 aliphatic rings. The SMILES string of the molecule is COc1cccc2ccc(C=Cc3cccc(Cl)c3Cl)nc12. The zero-order valence-electron chi connectivity index (χ0n) is 11.9. The summed E-state index contributed by atoms with van der Waals surface area (Å²) in [7, 11) is 1.64. The first-order valence-corrected chi connectivity index (χ1v) is 7.50. The van der Waals surface area contributed by atoms with Crippen molar-refractivity contribution in [2.45, 2.75) is 0 Å². The first-order chi connectivity index (χ1) is 10.7. The number of methoxy groups -OCH3 is 1. The van der Waals surface area contributed by atoms with Crippen molar-refractivity contribution in [3.05, 3.63) is 69.8 Å². The maximum Gasteiger partial charge on any atom is 0.145 e. The second-order valence-electron chi connectivity index (χ2n) is 4.74. The predicted octanol–water partition coefficient (Wildman–Crippen LogP) is 5.72. The normalized spacial score (nSPS) is 11.2. The van der Waals surface area contributed by atoms with Gasteiger partial charge in [0.2, 0.25) is 0 Å². The molecule has 0 amide bonds. The number of para-hydroxylation sites is 1. The van der Waals surface area contributed by atoms with E-state index in [-0.39, 0.29) is 0 Å². The molecule has 1 heterocycles. The highest BCUT2D eigenvalue weighted by atomic mass is 35.5. The molecule has 4 heteroatoms. The lowest BCUT2D eigenvalue weighted by Crippen LogP contribution is -1.89. The standard InChI is InChI=1S/C18H13Cl2NO/c1-22-16-7-3-5-13-9-11-14(21-18(13)16)10-8-12-4-2-6-15(19)17(12)20/h2-11H,1H3. The number of benzene rings is 2. The molecule has 0 spiro atoms. The molecule has 22 heavy (non-hydrogen) atoms. The van der Waals surface area contributed by atoms with Crippen LogP contribution in [0.2, 0.25) is 10.0 Å². The number of hydrogen-bond donors (Lipinski definition) is 0. The van der Waals surface area contributed by atoms with Gasteiger partial charge in [0.15, 0.2) is 0 Å². The minimum absolute atomic E-state index is 0.539. The number of fused-ring (bicyclic) bond motifs is 1. The van der Waals surface area contributed by atoms with E-state index in [0.29, 0.717) is 10.0 Å². The number of ether oxygens (including phenoxy) is 1. The average molecular weight is 330 g/mol. The summed E-state index contributed by atoms with van der Waals surface area (Å²) in [6.45, 7) is 0.